The van der Waals surface area contributed by atoms with E-state index < -0.39 is 0 Å². The topological polar surface area (TPSA) is 12.0 Å². The standard InChI is InChI=1S/C20H31N/c1-15(2)18-10-9-16(3)13-20(18)11-12-21-14-19(20)17-7-5-4-6-8-17/h4-8,15-16,18-19,21H,9-14H2,1-3H3. The Morgan fingerprint density at radius 3 is 2.62 bits per heavy atom. The van der Waals surface area contributed by atoms with Crippen LogP contribution in [0.2, 0.25) is 0 Å². The van der Waals surface area contributed by atoms with Crippen LogP contribution >= 0.6 is 0 Å². The lowest BCUT2D eigenvalue weighted by Gasteiger charge is -2.55. The molecular formula is C20H31N. The van der Waals surface area contributed by atoms with Gasteiger partial charge in [-0.3, -0.25) is 0 Å². The molecule has 1 aliphatic heterocycles. The van der Waals surface area contributed by atoms with E-state index in [9.17, 15) is 0 Å². The predicted octanol–water partition coefficient (Wildman–Crippen LogP) is 4.84. The number of benzene rings is 1. The number of nitrogens with one attached hydrogen (secondary N) is 1. The first-order valence-electron chi connectivity index (χ1n) is 8.89. The second kappa shape index (κ2) is 6.12. The molecule has 21 heavy (non-hydrogen) atoms. The van der Waals surface area contributed by atoms with Gasteiger partial charge in [-0.2, -0.15) is 0 Å². The highest BCUT2D eigenvalue weighted by molar-refractivity contribution is 5.25. The van der Waals surface area contributed by atoms with Crippen molar-refractivity contribution in [1.29, 1.82) is 0 Å². The van der Waals surface area contributed by atoms with Crippen LogP contribution in [0.3, 0.4) is 0 Å². The van der Waals surface area contributed by atoms with Crippen LogP contribution in [0.15, 0.2) is 30.3 Å². The second-order valence-electron chi connectivity index (χ2n) is 7.89. The van der Waals surface area contributed by atoms with Gasteiger partial charge >= 0.3 is 0 Å². The lowest BCUT2D eigenvalue weighted by molar-refractivity contribution is -0.0149. The molecule has 0 aromatic heterocycles. The maximum atomic E-state index is 3.68. The Morgan fingerprint density at radius 1 is 1.14 bits per heavy atom. The highest BCUT2D eigenvalue weighted by Gasteiger charge is 2.50. The van der Waals surface area contributed by atoms with Gasteiger partial charge in [0.2, 0.25) is 0 Å². The summed E-state index contributed by atoms with van der Waals surface area (Å²) in [5.41, 5.74) is 2.09. The van der Waals surface area contributed by atoms with Crippen LogP contribution < -0.4 is 5.32 Å². The first kappa shape index (κ1) is 15.1. The molecule has 4 atom stereocenters. The molecule has 2 aliphatic rings. The molecule has 4 unspecified atom stereocenters. The molecule has 1 aliphatic carbocycles. The third-order valence-electron chi connectivity index (χ3n) is 6.25. The van der Waals surface area contributed by atoms with Crippen molar-refractivity contribution in [3.63, 3.8) is 0 Å². The smallest absolute Gasteiger partial charge is 0.00256 e. The van der Waals surface area contributed by atoms with Gasteiger partial charge in [0.15, 0.2) is 0 Å². The molecule has 1 saturated carbocycles. The minimum absolute atomic E-state index is 0.526. The Bertz CT molecular complexity index is 452. The van der Waals surface area contributed by atoms with Crippen LogP contribution in [0.1, 0.15) is 57.9 Å². The molecule has 1 spiro atoms. The van der Waals surface area contributed by atoms with Crippen molar-refractivity contribution < 1.29 is 0 Å². The first-order chi connectivity index (χ1) is 10.1. The molecule has 1 nitrogen and oxygen atoms in total. The normalized spacial score (nSPS) is 37.0. The highest BCUT2D eigenvalue weighted by Crippen LogP contribution is 2.57. The summed E-state index contributed by atoms with van der Waals surface area (Å²) in [6, 6.07) is 11.3. The fourth-order valence-corrected chi connectivity index (χ4v) is 5.42. The van der Waals surface area contributed by atoms with E-state index in [2.05, 4.69) is 56.4 Å². The summed E-state index contributed by atoms with van der Waals surface area (Å²) in [5.74, 6) is 3.29. The van der Waals surface area contributed by atoms with Crippen molar-refractivity contribution in [3.8, 4) is 0 Å². The largest absolute Gasteiger partial charge is 0.316 e. The summed E-state index contributed by atoms with van der Waals surface area (Å²) >= 11 is 0. The minimum Gasteiger partial charge on any atom is -0.316 e. The summed E-state index contributed by atoms with van der Waals surface area (Å²) in [4.78, 5) is 0. The highest BCUT2D eigenvalue weighted by atomic mass is 14.9. The number of hydrogen-bond donors (Lipinski definition) is 1. The fourth-order valence-electron chi connectivity index (χ4n) is 5.42. The predicted molar refractivity (Wildman–Crippen MR) is 90.4 cm³/mol. The van der Waals surface area contributed by atoms with Crippen LogP contribution in [0.5, 0.6) is 0 Å². The van der Waals surface area contributed by atoms with Crippen molar-refractivity contribution in [2.75, 3.05) is 13.1 Å². The monoisotopic (exact) mass is 285 g/mol. The molecule has 0 radical (unpaired) electrons. The Kier molecular flexibility index (Phi) is 4.40. The summed E-state index contributed by atoms with van der Waals surface area (Å²) in [6.45, 7) is 9.75. The zero-order chi connectivity index (χ0) is 14.9. The molecule has 0 amide bonds. The van der Waals surface area contributed by atoms with Crippen LogP contribution in [0.4, 0.5) is 0 Å². The molecule has 2 fully saturated rings. The number of hydrogen-bond acceptors (Lipinski definition) is 1. The van der Waals surface area contributed by atoms with Crippen molar-refractivity contribution in [1.82, 2.24) is 5.32 Å². The van der Waals surface area contributed by atoms with E-state index in [1.165, 1.54) is 38.8 Å². The van der Waals surface area contributed by atoms with Gasteiger partial charge in [0.1, 0.15) is 0 Å². The van der Waals surface area contributed by atoms with E-state index >= 15 is 0 Å². The Hall–Kier alpha value is -0.820. The molecular weight excluding hydrogens is 254 g/mol. The quantitative estimate of drug-likeness (QED) is 0.819. The van der Waals surface area contributed by atoms with Gasteiger partial charge in [0.25, 0.3) is 0 Å². The zero-order valence-electron chi connectivity index (χ0n) is 13.9. The van der Waals surface area contributed by atoms with E-state index in [0.717, 1.165) is 17.8 Å². The molecule has 1 saturated heterocycles. The third kappa shape index (κ3) is 2.77. The van der Waals surface area contributed by atoms with Gasteiger partial charge in [-0.05, 0) is 54.5 Å². The third-order valence-corrected chi connectivity index (χ3v) is 6.25. The van der Waals surface area contributed by atoms with E-state index in [4.69, 9.17) is 0 Å². The van der Waals surface area contributed by atoms with E-state index in [1.54, 1.807) is 5.56 Å². The van der Waals surface area contributed by atoms with Crippen molar-refractivity contribution >= 4 is 0 Å². The lowest BCUT2D eigenvalue weighted by atomic mass is 9.51. The Labute approximate surface area is 130 Å². The molecule has 116 valence electrons. The van der Waals surface area contributed by atoms with Crippen molar-refractivity contribution in [3.05, 3.63) is 35.9 Å². The van der Waals surface area contributed by atoms with Gasteiger partial charge in [0.05, 0.1) is 0 Å². The van der Waals surface area contributed by atoms with Gasteiger partial charge in [0, 0.05) is 12.5 Å². The van der Waals surface area contributed by atoms with Gasteiger partial charge in [-0.1, -0.05) is 57.5 Å². The lowest BCUT2D eigenvalue weighted by Crippen LogP contribution is -2.51. The van der Waals surface area contributed by atoms with Gasteiger partial charge < -0.3 is 5.32 Å². The van der Waals surface area contributed by atoms with Crippen LogP contribution in [-0.4, -0.2) is 13.1 Å². The number of piperidine rings is 1. The minimum atomic E-state index is 0.526. The molecule has 1 heteroatoms. The van der Waals surface area contributed by atoms with Crippen molar-refractivity contribution in [2.45, 2.75) is 52.4 Å². The van der Waals surface area contributed by atoms with E-state index in [-0.39, 0.29) is 0 Å². The number of rotatable bonds is 2. The summed E-state index contributed by atoms with van der Waals surface area (Å²) in [6.07, 6.45) is 5.65. The maximum absolute atomic E-state index is 3.68. The van der Waals surface area contributed by atoms with E-state index in [1.807, 2.05) is 0 Å². The van der Waals surface area contributed by atoms with Crippen LogP contribution in [0.25, 0.3) is 0 Å². The SMILES string of the molecule is CC1CCC(C(C)C)C2(CCNCC2c2ccccc2)C1. The van der Waals surface area contributed by atoms with Gasteiger partial charge in [-0.15, -0.1) is 0 Å². The average molecular weight is 285 g/mol. The van der Waals surface area contributed by atoms with Crippen LogP contribution in [0, 0.1) is 23.2 Å². The fraction of sp³-hybridized carbons (Fsp3) is 0.700. The van der Waals surface area contributed by atoms with Gasteiger partial charge in [-0.25, -0.2) is 0 Å². The zero-order valence-corrected chi connectivity index (χ0v) is 13.9. The van der Waals surface area contributed by atoms with E-state index in [0.29, 0.717) is 11.3 Å². The average Bonchev–Trinajstić information content (AvgIpc) is 2.48. The maximum Gasteiger partial charge on any atom is 0.00256 e. The molecule has 1 heterocycles. The Balaban J connectivity index is 2.00. The Morgan fingerprint density at radius 2 is 1.90 bits per heavy atom. The molecule has 1 N–H and O–H groups in total. The van der Waals surface area contributed by atoms with Crippen LogP contribution in [-0.2, 0) is 0 Å². The molecule has 3 rings (SSSR count). The molecule has 1 aromatic carbocycles. The molecule has 0 bridgehead atoms. The summed E-state index contributed by atoms with van der Waals surface area (Å²) in [7, 11) is 0. The van der Waals surface area contributed by atoms with Crippen molar-refractivity contribution in [2.24, 2.45) is 23.2 Å². The second-order valence-corrected chi connectivity index (χ2v) is 7.89. The molecule has 1 aromatic rings. The summed E-state index contributed by atoms with van der Waals surface area (Å²) < 4.78 is 0. The summed E-state index contributed by atoms with van der Waals surface area (Å²) in [5, 5.41) is 3.68. The first-order valence-corrected chi connectivity index (χ1v) is 8.89.